The highest BCUT2D eigenvalue weighted by molar-refractivity contribution is 5.67. The number of aromatic nitrogens is 3. The SMILES string of the molecule is CC(CCN)CNc1nccn2nc(C(F)(F)F)cc12. The average molecular weight is 287 g/mol. The van der Waals surface area contributed by atoms with E-state index in [1.165, 1.54) is 16.9 Å². The Labute approximate surface area is 114 Å². The van der Waals surface area contributed by atoms with Crippen LogP contribution in [0.15, 0.2) is 18.5 Å². The maximum atomic E-state index is 12.6. The summed E-state index contributed by atoms with van der Waals surface area (Å²) in [4.78, 5) is 4.06. The van der Waals surface area contributed by atoms with Gasteiger partial charge in [0.05, 0.1) is 0 Å². The summed E-state index contributed by atoms with van der Waals surface area (Å²) in [6.45, 7) is 3.18. The van der Waals surface area contributed by atoms with Gasteiger partial charge in [0.25, 0.3) is 0 Å². The molecule has 3 N–H and O–H groups in total. The van der Waals surface area contributed by atoms with E-state index in [2.05, 4.69) is 15.4 Å². The monoisotopic (exact) mass is 287 g/mol. The Morgan fingerprint density at radius 3 is 2.85 bits per heavy atom. The molecule has 5 nitrogen and oxygen atoms in total. The van der Waals surface area contributed by atoms with Crippen molar-refractivity contribution < 1.29 is 13.2 Å². The van der Waals surface area contributed by atoms with Crippen LogP contribution in [0.4, 0.5) is 19.0 Å². The van der Waals surface area contributed by atoms with Crippen LogP contribution in [0.1, 0.15) is 19.0 Å². The lowest BCUT2D eigenvalue weighted by Gasteiger charge is -2.12. The smallest absolute Gasteiger partial charge is 0.368 e. The molecule has 0 saturated heterocycles. The van der Waals surface area contributed by atoms with Crippen molar-refractivity contribution in [1.29, 1.82) is 0 Å². The van der Waals surface area contributed by atoms with Crippen LogP contribution in [0.5, 0.6) is 0 Å². The molecule has 0 spiro atoms. The molecule has 1 atom stereocenters. The van der Waals surface area contributed by atoms with Crippen LogP contribution in [0.2, 0.25) is 0 Å². The first kappa shape index (κ1) is 14.6. The van der Waals surface area contributed by atoms with E-state index < -0.39 is 11.9 Å². The third-order valence-corrected chi connectivity index (χ3v) is 2.96. The molecule has 0 aliphatic rings. The predicted octanol–water partition coefficient (Wildman–Crippen LogP) is 2.14. The maximum absolute atomic E-state index is 12.6. The Kier molecular flexibility index (Phi) is 4.12. The molecule has 0 fully saturated rings. The van der Waals surface area contributed by atoms with Crippen LogP contribution in [0, 0.1) is 5.92 Å². The second kappa shape index (κ2) is 5.66. The van der Waals surface area contributed by atoms with Gasteiger partial charge in [0, 0.05) is 25.0 Å². The number of alkyl halides is 3. The Balaban J connectivity index is 2.23. The predicted molar refractivity (Wildman–Crippen MR) is 69.3 cm³/mol. The number of rotatable bonds is 5. The second-order valence-corrected chi connectivity index (χ2v) is 4.70. The molecule has 2 aromatic heterocycles. The molecule has 2 rings (SSSR count). The molecule has 0 amide bonds. The number of nitrogens with two attached hydrogens (primary N) is 1. The van der Waals surface area contributed by atoms with Crippen molar-refractivity contribution in [3.05, 3.63) is 24.2 Å². The summed E-state index contributed by atoms with van der Waals surface area (Å²) >= 11 is 0. The van der Waals surface area contributed by atoms with Gasteiger partial charge in [-0.2, -0.15) is 18.3 Å². The number of fused-ring (bicyclic) bond motifs is 1. The Morgan fingerprint density at radius 1 is 1.45 bits per heavy atom. The van der Waals surface area contributed by atoms with Crippen molar-refractivity contribution >= 4 is 11.3 Å². The zero-order chi connectivity index (χ0) is 14.8. The molecule has 2 heterocycles. The Bertz CT molecular complexity index is 578. The van der Waals surface area contributed by atoms with E-state index in [1.807, 2.05) is 6.92 Å². The van der Waals surface area contributed by atoms with Crippen LogP contribution in [0.3, 0.4) is 0 Å². The van der Waals surface area contributed by atoms with Crippen LogP contribution >= 0.6 is 0 Å². The fraction of sp³-hybridized carbons (Fsp3) is 0.500. The summed E-state index contributed by atoms with van der Waals surface area (Å²) in [7, 11) is 0. The van der Waals surface area contributed by atoms with Gasteiger partial charge < -0.3 is 11.1 Å². The second-order valence-electron chi connectivity index (χ2n) is 4.70. The molecule has 1 unspecified atom stereocenters. The average Bonchev–Trinajstić information content (AvgIpc) is 2.81. The summed E-state index contributed by atoms with van der Waals surface area (Å²) < 4.78 is 39.1. The largest absolute Gasteiger partial charge is 0.435 e. The van der Waals surface area contributed by atoms with Crippen molar-refractivity contribution in [2.45, 2.75) is 19.5 Å². The molecule has 0 aliphatic carbocycles. The molecule has 0 aromatic carbocycles. The van der Waals surface area contributed by atoms with Crippen LogP contribution in [-0.4, -0.2) is 27.7 Å². The van der Waals surface area contributed by atoms with Crippen molar-refractivity contribution in [3.63, 3.8) is 0 Å². The lowest BCUT2D eigenvalue weighted by molar-refractivity contribution is -0.141. The summed E-state index contributed by atoms with van der Waals surface area (Å²) in [6.07, 6.45) is -0.825. The first-order valence-corrected chi connectivity index (χ1v) is 6.27. The molecule has 2 aromatic rings. The first-order valence-electron chi connectivity index (χ1n) is 6.27. The van der Waals surface area contributed by atoms with Gasteiger partial charge in [-0.1, -0.05) is 6.92 Å². The highest BCUT2D eigenvalue weighted by atomic mass is 19.4. The number of hydrogen-bond donors (Lipinski definition) is 2. The summed E-state index contributed by atoms with van der Waals surface area (Å²) in [5.41, 5.74) is 4.84. The molecule has 110 valence electrons. The lowest BCUT2D eigenvalue weighted by atomic mass is 10.1. The van der Waals surface area contributed by atoms with Crippen LogP contribution in [-0.2, 0) is 6.18 Å². The minimum absolute atomic E-state index is 0.305. The first-order chi connectivity index (χ1) is 9.41. The van der Waals surface area contributed by atoms with Gasteiger partial charge in [-0.15, -0.1) is 0 Å². The van der Waals surface area contributed by atoms with Gasteiger partial charge in [0.2, 0.25) is 0 Å². The third-order valence-electron chi connectivity index (χ3n) is 2.96. The van der Waals surface area contributed by atoms with Gasteiger partial charge in [0.1, 0.15) is 5.52 Å². The molecule has 0 radical (unpaired) electrons. The van der Waals surface area contributed by atoms with Gasteiger partial charge in [0.15, 0.2) is 11.5 Å². The van der Waals surface area contributed by atoms with E-state index in [1.54, 1.807) is 0 Å². The van der Waals surface area contributed by atoms with Crippen molar-refractivity contribution in [2.75, 3.05) is 18.4 Å². The lowest BCUT2D eigenvalue weighted by Crippen LogP contribution is -2.16. The molecule has 20 heavy (non-hydrogen) atoms. The quantitative estimate of drug-likeness (QED) is 0.884. The van der Waals surface area contributed by atoms with Gasteiger partial charge in [-0.3, -0.25) is 0 Å². The summed E-state index contributed by atoms with van der Waals surface area (Å²) in [6, 6.07) is 0.989. The van der Waals surface area contributed by atoms with E-state index in [0.717, 1.165) is 12.5 Å². The van der Waals surface area contributed by atoms with Gasteiger partial charge in [-0.05, 0) is 18.9 Å². The van der Waals surface area contributed by atoms with Crippen LogP contribution < -0.4 is 11.1 Å². The van der Waals surface area contributed by atoms with Crippen LogP contribution in [0.25, 0.3) is 5.52 Å². The van der Waals surface area contributed by atoms with E-state index in [4.69, 9.17) is 5.73 Å². The minimum Gasteiger partial charge on any atom is -0.368 e. The minimum atomic E-state index is -4.46. The summed E-state index contributed by atoms with van der Waals surface area (Å²) in [5.74, 6) is 0.700. The van der Waals surface area contributed by atoms with E-state index in [0.29, 0.717) is 30.3 Å². The number of anilines is 1. The number of halogens is 3. The highest BCUT2D eigenvalue weighted by Gasteiger charge is 2.34. The van der Waals surface area contributed by atoms with Gasteiger partial charge >= 0.3 is 6.18 Å². The van der Waals surface area contributed by atoms with Crippen molar-refractivity contribution in [2.24, 2.45) is 11.7 Å². The fourth-order valence-electron chi connectivity index (χ4n) is 1.85. The normalized spacial score (nSPS) is 13.7. The molecule has 0 bridgehead atoms. The van der Waals surface area contributed by atoms with Crippen molar-refractivity contribution in [1.82, 2.24) is 14.6 Å². The van der Waals surface area contributed by atoms with Crippen molar-refractivity contribution in [3.8, 4) is 0 Å². The topological polar surface area (TPSA) is 68.2 Å². The Morgan fingerprint density at radius 2 is 2.20 bits per heavy atom. The molecule has 8 heteroatoms. The fourth-order valence-corrected chi connectivity index (χ4v) is 1.85. The van der Waals surface area contributed by atoms with E-state index >= 15 is 0 Å². The van der Waals surface area contributed by atoms with E-state index in [9.17, 15) is 13.2 Å². The standard InChI is InChI=1S/C12H16F3N5/c1-8(2-3-16)7-18-11-9-6-10(12(13,14)15)19-20(9)5-4-17-11/h4-6,8H,2-3,7,16H2,1H3,(H,17,18). The van der Waals surface area contributed by atoms with Gasteiger partial charge in [-0.25, -0.2) is 9.50 Å². The summed E-state index contributed by atoms with van der Waals surface area (Å²) in [5, 5.41) is 6.54. The third kappa shape index (κ3) is 3.19. The highest BCUT2D eigenvalue weighted by Crippen LogP contribution is 2.30. The molecular weight excluding hydrogens is 271 g/mol. The number of nitrogens with zero attached hydrogens (tertiary/aromatic N) is 3. The molecule has 0 saturated carbocycles. The molecular formula is C12H16F3N5. The zero-order valence-corrected chi connectivity index (χ0v) is 11.0. The van der Waals surface area contributed by atoms with E-state index in [-0.39, 0.29) is 0 Å². The molecule has 0 aliphatic heterocycles. The zero-order valence-electron chi connectivity index (χ0n) is 11.0. The Hall–Kier alpha value is -1.83. The maximum Gasteiger partial charge on any atom is 0.435 e. The number of hydrogen-bond acceptors (Lipinski definition) is 4. The number of nitrogens with one attached hydrogen (secondary N) is 1.